The normalized spacial score (nSPS) is 17.8. The molecule has 1 unspecified atom stereocenters. The number of nitro benzene ring substituents is 1. The number of amides is 1. The molecule has 164 valence electrons. The van der Waals surface area contributed by atoms with E-state index in [1.165, 1.54) is 31.0 Å². The second-order valence-electron chi connectivity index (χ2n) is 7.61. The van der Waals surface area contributed by atoms with Crippen LogP contribution >= 0.6 is 11.8 Å². The fraction of sp³-hybridized carbons (Fsp3) is 0.381. The fourth-order valence-corrected chi connectivity index (χ4v) is 4.37. The predicted octanol–water partition coefficient (Wildman–Crippen LogP) is 3.51. The minimum Gasteiger partial charge on any atom is -0.466 e. The number of methoxy groups -OCH3 is 1. The summed E-state index contributed by atoms with van der Waals surface area (Å²) in [5.41, 5.74) is 1.87. The molecule has 0 spiro atoms. The highest BCUT2D eigenvalue weighted by Gasteiger charge is 2.41. The van der Waals surface area contributed by atoms with Crippen LogP contribution in [-0.2, 0) is 14.3 Å². The summed E-state index contributed by atoms with van der Waals surface area (Å²) >= 11 is 1.35. The van der Waals surface area contributed by atoms with Crippen molar-refractivity contribution in [2.45, 2.75) is 33.2 Å². The Morgan fingerprint density at radius 3 is 2.77 bits per heavy atom. The Morgan fingerprint density at radius 2 is 2.13 bits per heavy atom. The monoisotopic (exact) mass is 444 g/mol. The quantitative estimate of drug-likeness (QED) is 0.389. The van der Waals surface area contributed by atoms with Gasteiger partial charge in [0.05, 0.1) is 35.8 Å². The van der Waals surface area contributed by atoms with Gasteiger partial charge in [-0.1, -0.05) is 37.7 Å². The van der Waals surface area contributed by atoms with Gasteiger partial charge in [-0.15, -0.1) is 0 Å². The van der Waals surface area contributed by atoms with Crippen molar-refractivity contribution < 1.29 is 19.2 Å². The molecule has 0 saturated heterocycles. The molecule has 3 rings (SSSR count). The van der Waals surface area contributed by atoms with E-state index in [1.54, 1.807) is 24.0 Å². The molecule has 0 saturated carbocycles. The lowest BCUT2D eigenvalue weighted by Crippen LogP contribution is -2.38. The van der Waals surface area contributed by atoms with E-state index in [-0.39, 0.29) is 23.6 Å². The molecule has 1 atom stereocenters. The molecule has 0 aliphatic carbocycles. The van der Waals surface area contributed by atoms with Crippen LogP contribution in [0.2, 0.25) is 0 Å². The minimum atomic E-state index is -0.695. The zero-order valence-corrected chi connectivity index (χ0v) is 18.6. The molecular weight excluding hydrogens is 420 g/mol. The second-order valence-corrected chi connectivity index (χ2v) is 8.45. The Morgan fingerprint density at radius 1 is 1.39 bits per heavy atom. The highest BCUT2D eigenvalue weighted by Crippen LogP contribution is 2.45. The molecule has 1 aromatic carbocycles. The number of hydrogen-bond acceptors (Lipinski definition) is 8. The number of nitro groups is 1. The second kappa shape index (κ2) is 9.34. The Balaban J connectivity index is 2.02. The van der Waals surface area contributed by atoms with E-state index >= 15 is 0 Å². The third-order valence-corrected chi connectivity index (χ3v) is 5.74. The molecule has 1 amide bonds. The first kappa shape index (κ1) is 22.5. The van der Waals surface area contributed by atoms with Gasteiger partial charge in [0.1, 0.15) is 0 Å². The number of nitrogens with zero attached hydrogens (tertiary/aromatic N) is 3. The summed E-state index contributed by atoms with van der Waals surface area (Å²) in [5.74, 6) is -0.403. The maximum atomic E-state index is 12.7. The third-order valence-electron chi connectivity index (χ3n) is 4.85. The van der Waals surface area contributed by atoms with Gasteiger partial charge in [-0.05, 0) is 23.8 Å². The summed E-state index contributed by atoms with van der Waals surface area (Å²) in [4.78, 5) is 42.3. The number of non-ortho nitro benzene ring substituents is 1. The number of benzene rings is 1. The Bertz CT molecular complexity index is 1010. The molecule has 1 N–H and O–H groups in total. The molecule has 10 heteroatoms. The van der Waals surface area contributed by atoms with Crippen LogP contribution in [0.5, 0.6) is 0 Å². The van der Waals surface area contributed by atoms with Crippen molar-refractivity contribution in [3.8, 4) is 0 Å². The maximum Gasteiger partial charge on any atom is 0.338 e. The number of esters is 1. The molecule has 2 aliphatic heterocycles. The zero-order chi connectivity index (χ0) is 22.7. The molecule has 0 bridgehead atoms. The average molecular weight is 445 g/mol. The topological polar surface area (TPSA) is 114 Å². The summed E-state index contributed by atoms with van der Waals surface area (Å²) < 4.78 is 4.99. The maximum absolute atomic E-state index is 12.7. The van der Waals surface area contributed by atoms with Gasteiger partial charge in [0.15, 0.2) is 5.17 Å². The van der Waals surface area contributed by atoms with Crippen LogP contribution in [0.3, 0.4) is 0 Å². The first-order valence-electron chi connectivity index (χ1n) is 9.76. The number of carbonyl (C=O) groups is 2. The summed E-state index contributed by atoms with van der Waals surface area (Å²) in [6.07, 6.45) is 0.0949. The van der Waals surface area contributed by atoms with Crippen LogP contribution in [-0.4, -0.2) is 40.5 Å². The molecule has 31 heavy (non-hydrogen) atoms. The van der Waals surface area contributed by atoms with Crippen LogP contribution < -0.4 is 5.32 Å². The lowest BCUT2D eigenvalue weighted by atomic mass is 9.93. The van der Waals surface area contributed by atoms with Gasteiger partial charge in [-0.2, -0.15) is 0 Å². The zero-order valence-electron chi connectivity index (χ0n) is 17.7. The number of fused-ring (bicyclic) bond motifs is 1. The van der Waals surface area contributed by atoms with Crippen molar-refractivity contribution in [2.24, 2.45) is 10.9 Å². The number of ether oxygens (including phenoxy) is 1. The Labute approximate surface area is 184 Å². The fourth-order valence-electron chi connectivity index (χ4n) is 3.41. The molecule has 0 radical (unpaired) electrons. The molecule has 9 nitrogen and oxygen atoms in total. The van der Waals surface area contributed by atoms with Gasteiger partial charge in [-0.3, -0.25) is 14.9 Å². The van der Waals surface area contributed by atoms with E-state index in [1.807, 2.05) is 19.3 Å². The number of hydrogen-bond donors (Lipinski definition) is 1. The Kier molecular flexibility index (Phi) is 6.79. The number of carbonyl (C=O) groups excluding carboxylic acids is 2. The molecular formula is C21H24N4O5S. The molecule has 0 fully saturated rings. The van der Waals surface area contributed by atoms with Crippen molar-refractivity contribution in [3.63, 3.8) is 0 Å². The summed E-state index contributed by atoms with van der Waals surface area (Å²) in [7, 11) is 1.28. The number of thioether (sulfide) groups is 1. The van der Waals surface area contributed by atoms with Crippen molar-refractivity contribution in [2.75, 3.05) is 13.7 Å². The van der Waals surface area contributed by atoms with Gasteiger partial charge in [0.2, 0.25) is 5.91 Å². The lowest BCUT2D eigenvalue weighted by Gasteiger charge is -2.36. The smallest absolute Gasteiger partial charge is 0.338 e. The van der Waals surface area contributed by atoms with Crippen LogP contribution in [0.25, 0.3) is 0 Å². The van der Waals surface area contributed by atoms with Crippen LogP contribution in [0, 0.1) is 16.0 Å². The van der Waals surface area contributed by atoms with Crippen LogP contribution in [0.4, 0.5) is 5.69 Å². The number of rotatable bonds is 7. The predicted molar refractivity (Wildman–Crippen MR) is 118 cm³/mol. The van der Waals surface area contributed by atoms with Crippen molar-refractivity contribution in [3.05, 3.63) is 62.3 Å². The van der Waals surface area contributed by atoms with Crippen molar-refractivity contribution in [1.82, 2.24) is 10.2 Å². The minimum absolute atomic E-state index is 0.0875. The van der Waals surface area contributed by atoms with E-state index in [0.29, 0.717) is 34.6 Å². The largest absolute Gasteiger partial charge is 0.466 e. The average Bonchev–Trinajstić information content (AvgIpc) is 3.12. The van der Waals surface area contributed by atoms with Gasteiger partial charge in [0, 0.05) is 24.4 Å². The van der Waals surface area contributed by atoms with Crippen LogP contribution in [0.1, 0.15) is 38.8 Å². The molecule has 1 aromatic rings. The highest BCUT2D eigenvalue weighted by atomic mass is 32.2. The van der Waals surface area contributed by atoms with E-state index in [9.17, 15) is 19.7 Å². The summed E-state index contributed by atoms with van der Waals surface area (Å²) in [5, 5.41) is 16.7. The lowest BCUT2D eigenvalue weighted by molar-refractivity contribution is -0.384. The van der Waals surface area contributed by atoms with E-state index in [4.69, 9.17) is 4.74 Å². The summed E-state index contributed by atoms with van der Waals surface area (Å²) in [6, 6.07) is 5.42. The first-order valence-corrected chi connectivity index (χ1v) is 10.6. The SMILES string of the molecule is COC(=O)C1=C(C)N=C2SC=C(CC(=O)NCC(C)C)N2C1c1cccc([N+](=O)[O-])c1. The number of allylic oxidation sites excluding steroid dienone is 1. The molecule has 0 aromatic heterocycles. The Hall–Kier alpha value is -3.14. The van der Waals surface area contributed by atoms with E-state index < -0.39 is 16.9 Å². The standard InChI is InChI=1S/C21H24N4O5S/c1-12(2)10-22-17(26)9-16-11-31-21-23-13(3)18(20(27)30-4)19(24(16)21)14-6-5-7-15(8-14)25(28)29/h5-8,11-12,19H,9-10H2,1-4H3,(H,22,26). The number of amidine groups is 1. The van der Waals surface area contributed by atoms with Crippen LogP contribution in [0.15, 0.2) is 51.6 Å². The van der Waals surface area contributed by atoms with Crippen molar-refractivity contribution in [1.29, 1.82) is 0 Å². The first-order chi connectivity index (χ1) is 14.7. The molecule has 2 heterocycles. The van der Waals surface area contributed by atoms with E-state index in [2.05, 4.69) is 10.3 Å². The van der Waals surface area contributed by atoms with Gasteiger partial charge in [0.25, 0.3) is 5.69 Å². The van der Waals surface area contributed by atoms with E-state index in [0.717, 1.165) is 0 Å². The highest BCUT2D eigenvalue weighted by molar-refractivity contribution is 8.16. The van der Waals surface area contributed by atoms with Crippen molar-refractivity contribution >= 4 is 34.5 Å². The van der Waals surface area contributed by atoms with Gasteiger partial charge in [-0.25, -0.2) is 9.79 Å². The third kappa shape index (κ3) is 4.79. The molecule has 2 aliphatic rings. The number of nitrogens with one attached hydrogen (secondary N) is 1. The van der Waals surface area contributed by atoms with Gasteiger partial charge >= 0.3 is 5.97 Å². The summed E-state index contributed by atoms with van der Waals surface area (Å²) in [6.45, 7) is 6.28. The number of aliphatic imine (C=N–C) groups is 1. The van der Waals surface area contributed by atoms with Gasteiger partial charge < -0.3 is 15.0 Å².